The number of thiazole rings is 1. The molecule has 0 bridgehead atoms. The molecule has 1 unspecified atom stereocenters. The van der Waals surface area contributed by atoms with Gasteiger partial charge in [0, 0.05) is 17.3 Å². The summed E-state index contributed by atoms with van der Waals surface area (Å²) in [4.78, 5) is 6.57. The first kappa shape index (κ1) is 19.6. The average Bonchev–Trinajstić information content (AvgIpc) is 3.11. The molecular weight excluding hydrogens is 375 g/mol. The third-order valence-electron chi connectivity index (χ3n) is 4.42. The summed E-state index contributed by atoms with van der Waals surface area (Å²) in [6.45, 7) is 7.62. The molecule has 1 aromatic heterocycles. The van der Waals surface area contributed by atoms with Crippen molar-refractivity contribution in [2.24, 2.45) is 0 Å². The zero-order valence-corrected chi connectivity index (χ0v) is 16.1. The van der Waals surface area contributed by atoms with Crippen molar-refractivity contribution in [3.63, 3.8) is 0 Å². The van der Waals surface area contributed by atoms with E-state index in [1.165, 1.54) is 17.4 Å². The lowest BCUT2D eigenvalue weighted by atomic mass is 9.93. The highest BCUT2D eigenvalue weighted by molar-refractivity contribution is 7.09. The molecule has 27 heavy (non-hydrogen) atoms. The number of ether oxygens (including phenoxy) is 1. The summed E-state index contributed by atoms with van der Waals surface area (Å²) in [7, 11) is 0. The normalized spacial score (nSPS) is 18.4. The molecule has 3 rings (SSSR count). The Morgan fingerprint density at radius 1 is 1.30 bits per heavy atom. The van der Waals surface area contributed by atoms with Gasteiger partial charge in [-0.1, -0.05) is 20.8 Å². The lowest BCUT2D eigenvalue weighted by Gasteiger charge is -2.34. The second kappa shape index (κ2) is 7.13. The summed E-state index contributed by atoms with van der Waals surface area (Å²) >= 11 is 1.52. The maximum Gasteiger partial charge on any atom is 0.416 e. The molecule has 1 aliphatic heterocycles. The van der Waals surface area contributed by atoms with Gasteiger partial charge in [0.2, 0.25) is 0 Å². The molecule has 1 aliphatic rings. The Hall–Kier alpha value is -2.11. The van der Waals surface area contributed by atoms with Gasteiger partial charge < -0.3 is 9.64 Å². The molecule has 2 aromatic rings. The summed E-state index contributed by atoms with van der Waals surface area (Å²) in [6, 6.07) is 5.18. The van der Waals surface area contributed by atoms with Crippen molar-refractivity contribution in [1.82, 2.24) is 4.98 Å². The number of benzene rings is 1. The Bertz CT molecular complexity index is 864. The molecule has 2 heterocycles. The fourth-order valence-electron chi connectivity index (χ4n) is 2.88. The molecule has 1 atom stereocenters. The zero-order valence-electron chi connectivity index (χ0n) is 15.3. The van der Waals surface area contributed by atoms with Crippen molar-refractivity contribution in [2.45, 2.75) is 38.5 Å². The van der Waals surface area contributed by atoms with Crippen molar-refractivity contribution in [2.75, 3.05) is 24.6 Å². The van der Waals surface area contributed by atoms with Crippen molar-refractivity contribution < 1.29 is 17.9 Å². The second-order valence-corrected chi connectivity index (χ2v) is 8.36. The fraction of sp³-hybridized carbons (Fsp3) is 0.474. The number of aromatic nitrogens is 1. The number of nitriles is 1. The van der Waals surface area contributed by atoms with E-state index >= 15 is 0 Å². The summed E-state index contributed by atoms with van der Waals surface area (Å²) < 4.78 is 44.6. The second-order valence-electron chi connectivity index (χ2n) is 7.47. The molecule has 0 amide bonds. The predicted octanol–water partition coefficient (Wildman–Crippen LogP) is 4.91. The molecule has 0 aliphatic carbocycles. The molecule has 4 nitrogen and oxygen atoms in total. The smallest absolute Gasteiger partial charge is 0.367 e. The highest BCUT2D eigenvalue weighted by Gasteiger charge is 2.32. The molecule has 0 radical (unpaired) electrons. The standard InChI is InChI=1S/C19H20F3N3OS/c1-18(2,3)16-11-27-17(24-16)15-10-25(6-7-26-15)14-5-4-13(19(20,21)22)8-12(14)9-23/h4-5,8,11,15H,6-7,10H2,1-3H3. The van der Waals surface area contributed by atoms with Gasteiger partial charge in [0.05, 0.1) is 35.7 Å². The van der Waals surface area contributed by atoms with E-state index in [1.54, 1.807) is 0 Å². The predicted molar refractivity (Wildman–Crippen MR) is 97.9 cm³/mol. The van der Waals surface area contributed by atoms with Gasteiger partial charge in [-0.3, -0.25) is 0 Å². The molecule has 144 valence electrons. The van der Waals surface area contributed by atoms with Crippen LogP contribution in [0.5, 0.6) is 0 Å². The minimum absolute atomic E-state index is 0.0139. The Balaban J connectivity index is 1.84. The largest absolute Gasteiger partial charge is 0.416 e. The minimum atomic E-state index is -4.47. The van der Waals surface area contributed by atoms with Crippen LogP contribution in [0.3, 0.4) is 0 Å². The Morgan fingerprint density at radius 2 is 2.04 bits per heavy atom. The summed E-state index contributed by atoms with van der Waals surface area (Å²) in [5.41, 5.74) is 0.606. The van der Waals surface area contributed by atoms with Crippen LogP contribution in [0.1, 0.15) is 48.7 Å². The first-order valence-corrected chi connectivity index (χ1v) is 9.41. The van der Waals surface area contributed by atoms with E-state index < -0.39 is 11.7 Å². The number of morpholine rings is 1. The van der Waals surface area contributed by atoms with Crippen LogP contribution in [0, 0.1) is 11.3 Å². The molecule has 0 saturated carbocycles. The van der Waals surface area contributed by atoms with Gasteiger partial charge >= 0.3 is 6.18 Å². The summed E-state index contributed by atoms with van der Waals surface area (Å²) in [5.74, 6) is 0. The first-order chi connectivity index (χ1) is 12.6. The third kappa shape index (κ3) is 4.25. The maximum atomic E-state index is 12.9. The van der Waals surface area contributed by atoms with E-state index in [2.05, 4.69) is 25.8 Å². The lowest BCUT2D eigenvalue weighted by Crippen LogP contribution is -2.38. The number of anilines is 1. The SMILES string of the molecule is CC(C)(C)c1csc(C2CN(c3ccc(C(F)(F)F)cc3C#N)CCO2)n1. The monoisotopic (exact) mass is 395 g/mol. The number of nitrogens with zero attached hydrogens (tertiary/aromatic N) is 3. The van der Waals surface area contributed by atoms with Crippen LogP contribution in [0.2, 0.25) is 0 Å². The van der Waals surface area contributed by atoms with Gasteiger partial charge in [0.15, 0.2) is 0 Å². The number of rotatable bonds is 2. The Morgan fingerprint density at radius 3 is 2.63 bits per heavy atom. The molecular formula is C19H20F3N3OS. The van der Waals surface area contributed by atoms with Crippen molar-refractivity contribution >= 4 is 17.0 Å². The van der Waals surface area contributed by atoms with E-state index in [4.69, 9.17) is 4.74 Å². The van der Waals surface area contributed by atoms with Crippen LogP contribution in [0.15, 0.2) is 23.6 Å². The van der Waals surface area contributed by atoms with Crippen molar-refractivity contribution in [1.29, 1.82) is 5.26 Å². The van der Waals surface area contributed by atoms with E-state index in [9.17, 15) is 18.4 Å². The number of hydrogen-bond donors (Lipinski definition) is 0. The fourth-order valence-corrected chi connectivity index (χ4v) is 3.96. The van der Waals surface area contributed by atoms with Gasteiger partial charge in [-0.15, -0.1) is 11.3 Å². The van der Waals surface area contributed by atoms with E-state index in [-0.39, 0.29) is 17.1 Å². The average molecular weight is 395 g/mol. The lowest BCUT2D eigenvalue weighted by molar-refractivity contribution is -0.137. The summed E-state index contributed by atoms with van der Waals surface area (Å²) in [6.07, 6.45) is -4.74. The van der Waals surface area contributed by atoms with Crippen molar-refractivity contribution in [3.8, 4) is 6.07 Å². The Labute approximate surface area is 160 Å². The zero-order chi connectivity index (χ0) is 19.8. The van der Waals surface area contributed by atoms with Crippen LogP contribution in [-0.4, -0.2) is 24.7 Å². The minimum Gasteiger partial charge on any atom is -0.367 e. The Kier molecular flexibility index (Phi) is 5.19. The quantitative estimate of drug-likeness (QED) is 0.725. The van der Waals surface area contributed by atoms with Gasteiger partial charge in [0.25, 0.3) is 0 Å². The highest BCUT2D eigenvalue weighted by Crippen LogP contribution is 2.35. The number of alkyl halides is 3. The molecule has 1 aromatic carbocycles. The van der Waals surface area contributed by atoms with Crippen LogP contribution in [0.25, 0.3) is 0 Å². The van der Waals surface area contributed by atoms with Gasteiger partial charge in [-0.05, 0) is 18.2 Å². The van der Waals surface area contributed by atoms with E-state index in [0.29, 0.717) is 25.4 Å². The highest BCUT2D eigenvalue weighted by atomic mass is 32.1. The molecule has 1 saturated heterocycles. The van der Waals surface area contributed by atoms with Gasteiger partial charge in [-0.25, -0.2) is 4.98 Å². The van der Waals surface area contributed by atoms with E-state index in [1.807, 2.05) is 16.3 Å². The maximum absolute atomic E-state index is 12.9. The van der Waals surface area contributed by atoms with Crippen LogP contribution >= 0.6 is 11.3 Å². The van der Waals surface area contributed by atoms with Crippen LogP contribution < -0.4 is 4.90 Å². The number of halogens is 3. The molecule has 8 heteroatoms. The molecule has 0 N–H and O–H groups in total. The van der Waals surface area contributed by atoms with Gasteiger partial charge in [-0.2, -0.15) is 18.4 Å². The molecule has 1 fully saturated rings. The van der Waals surface area contributed by atoms with Crippen molar-refractivity contribution in [3.05, 3.63) is 45.4 Å². The van der Waals surface area contributed by atoms with Crippen LogP contribution in [-0.2, 0) is 16.3 Å². The third-order valence-corrected chi connectivity index (χ3v) is 5.35. The molecule has 0 spiro atoms. The van der Waals surface area contributed by atoms with Gasteiger partial charge in [0.1, 0.15) is 17.2 Å². The van der Waals surface area contributed by atoms with Crippen LogP contribution in [0.4, 0.5) is 18.9 Å². The number of hydrogen-bond acceptors (Lipinski definition) is 5. The van der Waals surface area contributed by atoms with E-state index in [0.717, 1.165) is 22.8 Å². The first-order valence-electron chi connectivity index (χ1n) is 8.53. The topological polar surface area (TPSA) is 49.2 Å². The summed E-state index contributed by atoms with van der Waals surface area (Å²) in [5, 5.41) is 12.2.